The number of anilines is 1. The molecule has 0 atom stereocenters. The monoisotopic (exact) mass is 317 g/mol. The molecule has 0 aliphatic carbocycles. The lowest BCUT2D eigenvalue weighted by Gasteiger charge is -2.30. The molecule has 1 fully saturated rings. The highest BCUT2D eigenvalue weighted by Crippen LogP contribution is 2.26. The van der Waals surface area contributed by atoms with Gasteiger partial charge in [0.15, 0.2) is 0 Å². The Labute approximate surface area is 133 Å². The van der Waals surface area contributed by atoms with E-state index in [1.165, 1.54) is 0 Å². The zero-order valence-electron chi connectivity index (χ0n) is 12.8. The lowest BCUT2D eigenvalue weighted by atomic mass is 9.96. The molecule has 1 aliphatic heterocycles. The Morgan fingerprint density at radius 1 is 1.32 bits per heavy atom. The van der Waals surface area contributed by atoms with Crippen molar-refractivity contribution >= 4 is 39.1 Å². The highest BCUT2D eigenvalue weighted by molar-refractivity contribution is 7.18. The van der Waals surface area contributed by atoms with E-state index in [9.17, 15) is 9.59 Å². The normalized spacial score (nSPS) is 16.0. The molecule has 2 aromatic rings. The maximum Gasteiger partial charge on any atom is 0.227 e. The van der Waals surface area contributed by atoms with Gasteiger partial charge in [0.1, 0.15) is 0 Å². The molecule has 2 heterocycles. The third-order valence-corrected chi connectivity index (χ3v) is 5.01. The number of piperidine rings is 1. The number of nitrogens with one attached hydrogen (secondary N) is 1. The van der Waals surface area contributed by atoms with Gasteiger partial charge >= 0.3 is 0 Å². The van der Waals surface area contributed by atoms with Crippen molar-refractivity contribution in [3.8, 4) is 0 Å². The van der Waals surface area contributed by atoms with Crippen LogP contribution in [-0.2, 0) is 9.59 Å². The van der Waals surface area contributed by atoms with E-state index in [2.05, 4.69) is 10.3 Å². The van der Waals surface area contributed by atoms with Crippen molar-refractivity contribution in [1.29, 1.82) is 0 Å². The average molecular weight is 317 g/mol. The number of aromatic nitrogens is 1. The third kappa shape index (κ3) is 3.11. The van der Waals surface area contributed by atoms with Crippen molar-refractivity contribution in [2.45, 2.75) is 26.7 Å². The molecule has 22 heavy (non-hydrogen) atoms. The Morgan fingerprint density at radius 2 is 2.05 bits per heavy atom. The lowest BCUT2D eigenvalue weighted by molar-refractivity contribution is -0.132. The summed E-state index contributed by atoms with van der Waals surface area (Å²) in [4.78, 5) is 29.9. The van der Waals surface area contributed by atoms with E-state index in [0.717, 1.165) is 33.8 Å². The fourth-order valence-electron chi connectivity index (χ4n) is 2.82. The molecule has 3 rings (SSSR count). The number of fused-ring (bicyclic) bond motifs is 1. The van der Waals surface area contributed by atoms with Crippen molar-refractivity contribution in [3.05, 3.63) is 23.2 Å². The average Bonchev–Trinajstić information content (AvgIpc) is 2.86. The molecule has 0 saturated carbocycles. The summed E-state index contributed by atoms with van der Waals surface area (Å²) in [6.07, 6.45) is 1.46. The highest BCUT2D eigenvalue weighted by atomic mass is 32.1. The van der Waals surface area contributed by atoms with Gasteiger partial charge in [0.2, 0.25) is 11.8 Å². The fourth-order valence-corrected chi connectivity index (χ4v) is 3.68. The van der Waals surface area contributed by atoms with Crippen LogP contribution in [-0.4, -0.2) is 34.8 Å². The molecule has 6 heteroatoms. The second-order valence-corrected chi connectivity index (χ2v) is 6.92. The van der Waals surface area contributed by atoms with Crippen LogP contribution >= 0.6 is 11.3 Å². The molecule has 116 valence electrons. The fraction of sp³-hybridized carbons (Fsp3) is 0.438. The molecular weight excluding hydrogens is 298 g/mol. The standard InChI is InChI=1S/C16H19N3O2S/c1-10-17-14-4-3-13(9-15(14)22-10)18-16(21)12-5-7-19(8-6-12)11(2)20/h3-4,9,12H,5-8H2,1-2H3,(H,18,21). The van der Waals surface area contributed by atoms with Crippen LogP contribution in [0.1, 0.15) is 24.8 Å². The van der Waals surface area contributed by atoms with Crippen LogP contribution in [0.3, 0.4) is 0 Å². The van der Waals surface area contributed by atoms with Crippen LogP contribution < -0.4 is 5.32 Å². The van der Waals surface area contributed by atoms with Gasteiger partial charge in [-0.2, -0.15) is 0 Å². The molecule has 5 nitrogen and oxygen atoms in total. The largest absolute Gasteiger partial charge is 0.343 e. The molecule has 1 aromatic carbocycles. The predicted molar refractivity (Wildman–Crippen MR) is 88.0 cm³/mol. The van der Waals surface area contributed by atoms with Gasteiger partial charge in [0.25, 0.3) is 0 Å². The number of likely N-dealkylation sites (tertiary alicyclic amines) is 1. The minimum atomic E-state index is -0.0190. The van der Waals surface area contributed by atoms with E-state index in [1.807, 2.05) is 25.1 Å². The van der Waals surface area contributed by atoms with Crippen molar-refractivity contribution < 1.29 is 9.59 Å². The zero-order valence-corrected chi connectivity index (χ0v) is 13.6. The number of thiazole rings is 1. The molecule has 1 aliphatic rings. The second kappa shape index (κ2) is 6.04. The lowest BCUT2D eigenvalue weighted by Crippen LogP contribution is -2.40. The summed E-state index contributed by atoms with van der Waals surface area (Å²) in [5, 5.41) is 4.02. The van der Waals surface area contributed by atoms with Gasteiger partial charge in [-0.05, 0) is 38.0 Å². The van der Waals surface area contributed by atoms with E-state index < -0.39 is 0 Å². The first-order chi connectivity index (χ1) is 10.5. The number of hydrogen-bond donors (Lipinski definition) is 1. The van der Waals surface area contributed by atoms with Gasteiger partial charge in [-0.1, -0.05) is 0 Å². The molecule has 1 aromatic heterocycles. The Balaban J connectivity index is 1.64. The van der Waals surface area contributed by atoms with E-state index in [-0.39, 0.29) is 17.7 Å². The van der Waals surface area contributed by atoms with Crippen molar-refractivity contribution in [2.24, 2.45) is 5.92 Å². The Morgan fingerprint density at radius 3 is 2.73 bits per heavy atom. The first kappa shape index (κ1) is 15.0. The van der Waals surface area contributed by atoms with Gasteiger partial charge in [-0.15, -0.1) is 11.3 Å². The van der Waals surface area contributed by atoms with Crippen molar-refractivity contribution in [1.82, 2.24) is 9.88 Å². The van der Waals surface area contributed by atoms with E-state index in [0.29, 0.717) is 13.1 Å². The molecular formula is C16H19N3O2S. The van der Waals surface area contributed by atoms with Crippen LogP contribution in [0.25, 0.3) is 10.2 Å². The van der Waals surface area contributed by atoms with Gasteiger partial charge in [0, 0.05) is 31.6 Å². The first-order valence-corrected chi connectivity index (χ1v) is 8.28. The number of aryl methyl sites for hydroxylation is 1. The predicted octanol–water partition coefficient (Wildman–Crippen LogP) is 2.80. The molecule has 0 radical (unpaired) electrons. The summed E-state index contributed by atoms with van der Waals surface area (Å²) in [6.45, 7) is 4.89. The third-order valence-electron chi connectivity index (χ3n) is 4.07. The van der Waals surface area contributed by atoms with Crippen LogP contribution in [0.5, 0.6) is 0 Å². The summed E-state index contributed by atoms with van der Waals surface area (Å²) in [7, 11) is 0. The topological polar surface area (TPSA) is 62.3 Å². The first-order valence-electron chi connectivity index (χ1n) is 7.46. The zero-order chi connectivity index (χ0) is 15.7. The molecule has 0 spiro atoms. The summed E-state index contributed by atoms with van der Waals surface area (Å²) in [5.41, 5.74) is 1.78. The van der Waals surface area contributed by atoms with Gasteiger partial charge in [0.05, 0.1) is 15.2 Å². The molecule has 1 saturated heterocycles. The van der Waals surface area contributed by atoms with E-state index in [1.54, 1.807) is 23.2 Å². The molecule has 0 unspecified atom stereocenters. The number of nitrogens with zero attached hydrogens (tertiary/aromatic N) is 2. The van der Waals surface area contributed by atoms with Gasteiger partial charge < -0.3 is 10.2 Å². The Kier molecular flexibility index (Phi) is 4.11. The molecule has 0 bridgehead atoms. The number of rotatable bonds is 2. The summed E-state index contributed by atoms with van der Waals surface area (Å²) >= 11 is 1.63. The van der Waals surface area contributed by atoms with Crippen molar-refractivity contribution in [2.75, 3.05) is 18.4 Å². The number of amides is 2. The maximum absolute atomic E-state index is 12.4. The molecule has 1 N–H and O–H groups in total. The SMILES string of the molecule is CC(=O)N1CCC(C(=O)Nc2ccc3nc(C)sc3c2)CC1. The minimum absolute atomic E-state index is 0.0190. The number of carbonyl (C=O) groups excluding carboxylic acids is 2. The van der Waals surface area contributed by atoms with Crippen LogP contribution in [0.2, 0.25) is 0 Å². The maximum atomic E-state index is 12.4. The van der Waals surface area contributed by atoms with Gasteiger partial charge in [-0.3, -0.25) is 9.59 Å². The minimum Gasteiger partial charge on any atom is -0.343 e. The smallest absolute Gasteiger partial charge is 0.227 e. The Hall–Kier alpha value is -1.95. The van der Waals surface area contributed by atoms with E-state index >= 15 is 0 Å². The van der Waals surface area contributed by atoms with Gasteiger partial charge in [-0.25, -0.2) is 4.98 Å². The van der Waals surface area contributed by atoms with Crippen LogP contribution in [0, 0.1) is 12.8 Å². The van der Waals surface area contributed by atoms with Crippen molar-refractivity contribution in [3.63, 3.8) is 0 Å². The number of carbonyl (C=O) groups is 2. The quantitative estimate of drug-likeness (QED) is 0.926. The van der Waals surface area contributed by atoms with Crippen LogP contribution in [0.4, 0.5) is 5.69 Å². The number of hydrogen-bond acceptors (Lipinski definition) is 4. The highest BCUT2D eigenvalue weighted by Gasteiger charge is 2.26. The molecule has 2 amide bonds. The van der Waals surface area contributed by atoms with E-state index in [4.69, 9.17) is 0 Å². The summed E-state index contributed by atoms with van der Waals surface area (Å²) in [6, 6.07) is 5.81. The van der Waals surface area contributed by atoms with Crippen LogP contribution in [0.15, 0.2) is 18.2 Å². The Bertz CT molecular complexity index is 717. The summed E-state index contributed by atoms with van der Waals surface area (Å²) in [5.74, 6) is 0.114. The summed E-state index contributed by atoms with van der Waals surface area (Å²) < 4.78 is 1.08. The number of benzene rings is 1. The second-order valence-electron chi connectivity index (χ2n) is 5.68.